The highest BCUT2D eigenvalue weighted by Gasteiger charge is 2.54. The SMILES string of the molecule is CCC(=O)N1CC(=O)N2[C@H](C1)[C@@H](c1ccc(C#Cc3cccc(F)c3)cc1)[C@@H]2CO. The first kappa shape index (κ1) is 20.1. The maximum atomic E-state index is 13.3. The molecule has 0 radical (unpaired) electrons. The second-order valence-electron chi connectivity index (χ2n) is 7.65. The number of halogens is 1. The van der Waals surface area contributed by atoms with Gasteiger partial charge < -0.3 is 14.9 Å². The third-order valence-electron chi connectivity index (χ3n) is 5.88. The number of benzene rings is 2. The van der Waals surface area contributed by atoms with Gasteiger partial charge in [0.2, 0.25) is 11.8 Å². The van der Waals surface area contributed by atoms with E-state index in [0.29, 0.717) is 18.5 Å². The van der Waals surface area contributed by atoms with Gasteiger partial charge in [0.1, 0.15) is 5.82 Å². The zero-order chi connectivity index (χ0) is 21.3. The molecule has 2 aliphatic rings. The number of aliphatic hydroxyl groups is 1. The molecule has 1 N–H and O–H groups in total. The van der Waals surface area contributed by atoms with Gasteiger partial charge in [0.05, 0.1) is 25.2 Å². The summed E-state index contributed by atoms with van der Waals surface area (Å²) in [5.41, 5.74) is 2.41. The van der Waals surface area contributed by atoms with Gasteiger partial charge in [-0.1, -0.05) is 37.0 Å². The van der Waals surface area contributed by atoms with Crippen molar-refractivity contribution in [3.8, 4) is 11.8 Å². The minimum atomic E-state index is -0.320. The van der Waals surface area contributed by atoms with E-state index in [1.807, 2.05) is 24.3 Å². The third-order valence-corrected chi connectivity index (χ3v) is 5.88. The molecule has 2 aromatic rings. The predicted octanol–water partition coefficient (Wildman–Crippen LogP) is 2.13. The summed E-state index contributed by atoms with van der Waals surface area (Å²) in [6, 6.07) is 13.4. The number of carbonyl (C=O) groups excluding carboxylic acids is 2. The molecule has 2 aromatic carbocycles. The molecule has 2 heterocycles. The molecule has 2 fully saturated rings. The number of fused-ring (bicyclic) bond motifs is 1. The third kappa shape index (κ3) is 3.69. The van der Waals surface area contributed by atoms with Crippen molar-refractivity contribution in [2.45, 2.75) is 31.3 Å². The fourth-order valence-corrected chi connectivity index (χ4v) is 4.41. The normalized spacial score (nSPS) is 22.6. The number of rotatable bonds is 3. The molecule has 0 saturated carbocycles. The van der Waals surface area contributed by atoms with Crippen molar-refractivity contribution in [3.05, 3.63) is 71.0 Å². The van der Waals surface area contributed by atoms with E-state index in [2.05, 4.69) is 11.8 Å². The van der Waals surface area contributed by atoms with Gasteiger partial charge in [-0.3, -0.25) is 9.59 Å². The maximum Gasteiger partial charge on any atom is 0.242 e. The van der Waals surface area contributed by atoms with Crippen molar-refractivity contribution < 1.29 is 19.1 Å². The summed E-state index contributed by atoms with van der Waals surface area (Å²) >= 11 is 0. The van der Waals surface area contributed by atoms with Gasteiger partial charge in [0.15, 0.2) is 0 Å². The zero-order valence-corrected chi connectivity index (χ0v) is 16.7. The van der Waals surface area contributed by atoms with E-state index in [1.165, 1.54) is 12.1 Å². The Kier molecular flexibility index (Phi) is 5.56. The molecule has 4 rings (SSSR count). The number of nitrogens with zero attached hydrogens (tertiary/aromatic N) is 2. The molecule has 5 nitrogen and oxygen atoms in total. The molecule has 154 valence electrons. The van der Waals surface area contributed by atoms with Crippen LogP contribution in [0.3, 0.4) is 0 Å². The number of piperazine rings is 1. The topological polar surface area (TPSA) is 60.9 Å². The Bertz CT molecular complexity index is 1020. The zero-order valence-electron chi connectivity index (χ0n) is 16.7. The number of hydrogen-bond donors (Lipinski definition) is 1. The summed E-state index contributed by atoms with van der Waals surface area (Å²) in [4.78, 5) is 27.9. The molecule has 30 heavy (non-hydrogen) atoms. The molecule has 0 unspecified atom stereocenters. The van der Waals surface area contributed by atoms with Crippen LogP contribution >= 0.6 is 0 Å². The highest BCUT2D eigenvalue weighted by atomic mass is 19.1. The molecule has 6 heteroatoms. The van der Waals surface area contributed by atoms with E-state index in [-0.39, 0.29) is 48.8 Å². The Balaban J connectivity index is 1.53. The average Bonchev–Trinajstić information content (AvgIpc) is 2.74. The Morgan fingerprint density at radius 1 is 1.17 bits per heavy atom. The monoisotopic (exact) mass is 406 g/mol. The fraction of sp³-hybridized carbons (Fsp3) is 0.333. The first-order chi connectivity index (χ1) is 14.5. The summed E-state index contributed by atoms with van der Waals surface area (Å²) in [6.07, 6.45) is 0.368. The Morgan fingerprint density at radius 3 is 2.57 bits per heavy atom. The lowest BCUT2D eigenvalue weighted by molar-refractivity contribution is -0.166. The van der Waals surface area contributed by atoms with E-state index in [9.17, 15) is 19.1 Å². The van der Waals surface area contributed by atoms with Crippen molar-refractivity contribution in [1.29, 1.82) is 0 Å². The van der Waals surface area contributed by atoms with Crippen LogP contribution in [0.4, 0.5) is 4.39 Å². The molecule has 0 aliphatic carbocycles. The first-order valence-corrected chi connectivity index (χ1v) is 10.1. The van der Waals surface area contributed by atoms with Crippen molar-refractivity contribution in [2.75, 3.05) is 19.7 Å². The van der Waals surface area contributed by atoms with Crippen LogP contribution < -0.4 is 0 Å². The van der Waals surface area contributed by atoms with Crippen LogP contribution in [0.5, 0.6) is 0 Å². The maximum absolute atomic E-state index is 13.3. The number of hydrogen-bond acceptors (Lipinski definition) is 3. The summed E-state index contributed by atoms with van der Waals surface area (Å²) in [5, 5.41) is 9.86. The van der Waals surface area contributed by atoms with Crippen molar-refractivity contribution in [1.82, 2.24) is 9.80 Å². The Morgan fingerprint density at radius 2 is 1.90 bits per heavy atom. The molecule has 0 spiro atoms. The largest absolute Gasteiger partial charge is 0.394 e. The van der Waals surface area contributed by atoms with Gasteiger partial charge in [-0.25, -0.2) is 4.39 Å². The summed E-state index contributed by atoms with van der Waals surface area (Å²) < 4.78 is 13.3. The Hall–Kier alpha value is -3.17. The average molecular weight is 406 g/mol. The van der Waals surface area contributed by atoms with Gasteiger partial charge in [-0.15, -0.1) is 0 Å². The van der Waals surface area contributed by atoms with E-state index in [4.69, 9.17) is 0 Å². The minimum absolute atomic E-state index is 0.0304. The van der Waals surface area contributed by atoms with Crippen molar-refractivity contribution in [3.63, 3.8) is 0 Å². The standard InChI is InChI=1S/C24H23FN2O3/c1-2-22(29)26-13-20-24(21(15-28)27(20)23(30)14-26)18-10-8-16(9-11-18)6-7-17-4-3-5-19(25)12-17/h3-5,8-12,20-21,24,28H,2,13-15H2,1H3/t20-,21+,24-/m1/s1. The van der Waals surface area contributed by atoms with Gasteiger partial charge in [-0.05, 0) is 35.9 Å². The van der Waals surface area contributed by atoms with Crippen molar-refractivity contribution in [2.24, 2.45) is 0 Å². The predicted molar refractivity (Wildman–Crippen MR) is 110 cm³/mol. The fourth-order valence-electron chi connectivity index (χ4n) is 4.41. The van der Waals surface area contributed by atoms with Crippen LogP contribution in [-0.4, -0.2) is 58.5 Å². The summed E-state index contributed by atoms with van der Waals surface area (Å²) in [7, 11) is 0. The quantitative estimate of drug-likeness (QED) is 0.795. The van der Waals surface area contributed by atoms with Crippen LogP contribution in [0, 0.1) is 17.7 Å². The highest BCUT2D eigenvalue weighted by Crippen LogP contribution is 2.42. The van der Waals surface area contributed by atoms with Crippen LogP contribution in [0.1, 0.15) is 36.0 Å². The van der Waals surface area contributed by atoms with Gasteiger partial charge in [-0.2, -0.15) is 0 Å². The molecular formula is C24H23FN2O3. The van der Waals surface area contributed by atoms with Gasteiger partial charge >= 0.3 is 0 Å². The lowest BCUT2D eigenvalue weighted by Crippen LogP contribution is -2.73. The summed E-state index contributed by atoms with van der Waals surface area (Å²) in [5.74, 6) is 5.48. The molecule has 3 atom stereocenters. The van der Waals surface area contributed by atoms with Crippen molar-refractivity contribution >= 4 is 11.8 Å². The molecule has 0 bridgehead atoms. The van der Waals surface area contributed by atoms with Gasteiger partial charge in [0.25, 0.3) is 0 Å². The molecule has 2 saturated heterocycles. The van der Waals surface area contributed by atoms with E-state index >= 15 is 0 Å². The smallest absolute Gasteiger partial charge is 0.242 e. The molecule has 2 aliphatic heterocycles. The van der Waals surface area contributed by atoms with E-state index < -0.39 is 0 Å². The van der Waals surface area contributed by atoms with E-state index in [1.54, 1.807) is 28.9 Å². The highest BCUT2D eigenvalue weighted by molar-refractivity contribution is 5.87. The molecular weight excluding hydrogens is 383 g/mol. The number of amides is 2. The second kappa shape index (κ2) is 8.29. The van der Waals surface area contributed by atoms with Crippen LogP contribution in [0.15, 0.2) is 48.5 Å². The van der Waals surface area contributed by atoms with Gasteiger partial charge in [0, 0.05) is 30.0 Å². The lowest BCUT2D eigenvalue weighted by Gasteiger charge is -2.58. The molecule has 0 aromatic heterocycles. The minimum Gasteiger partial charge on any atom is -0.394 e. The second-order valence-corrected chi connectivity index (χ2v) is 7.65. The Labute approximate surface area is 175 Å². The van der Waals surface area contributed by atoms with Crippen LogP contribution in [0.25, 0.3) is 0 Å². The molecule has 2 amide bonds. The number of carbonyl (C=O) groups is 2. The van der Waals surface area contributed by atoms with Crippen LogP contribution in [-0.2, 0) is 9.59 Å². The first-order valence-electron chi connectivity index (χ1n) is 10.1. The summed E-state index contributed by atoms with van der Waals surface area (Å²) in [6.45, 7) is 2.25. The lowest BCUT2D eigenvalue weighted by atomic mass is 9.73. The van der Waals surface area contributed by atoms with E-state index in [0.717, 1.165) is 11.1 Å². The van der Waals surface area contributed by atoms with Crippen LogP contribution in [0.2, 0.25) is 0 Å². The number of aliphatic hydroxyl groups excluding tert-OH is 1.